The third-order valence-corrected chi connectivity index (χ3v) is 13.9. The number of unbranched alkanes of at least 4 members (excludes halogenated alkanes) is 36. The van der Waals surface area contributed by atoms with Gasteiger partial charge >= 0.3 is 0 Å². The number of hydrogen-bond donors (Lipinski definition) is 6. The lowest BCUT2D eigenvalue weighted by molar-refractivity contribution is -0.302. The van der Waals surface area contributed by atoms with Gasteiger partial charge in [0.05, 0.1) is 25.4 Å². The lowest BCUT2D eigenvalue weighted by Gasteiger charge is -2.40. The molecule has 0 aromatic heterocycles. The first-order valence-electron chi connectivity index (χ1n) is 29.2. The van der Waals surface area contributed by atoms with Gasteiger partial charge in [0.1, 0.15) is 24.4 Å². The molecule has 0 aliphatic carbocycles. The molecule has 6 N–H and O–H groups in total. The Morgan fingerprint density at radius 3 is 1.24 bits per heavy atom. The van der Waals surface area contributed by atoms with Crippen molar-refractivity contribution < 1.29 is 39.8 Å². The summed E-state index contributed by atoms with van der Waals surface area (Å²) in [5, 5.41) is 54.4. The zero-order chi connectivity index (χ0) is 49.4. The van der Waals surface area contributed by atoms with Crippen LogP contribution in [-0.4, -0.2) is 87.5 Å². The van der Waals surface area contributed by atoms with E-state index in [1.54, 1.807) is 6.08 Å². The molecule has 68 heavy (non-hydrogen) atoms. The molecule has 0 saturated carbocycles. The molecule has 7 unspecified atom stereocenters. The molecule has 1 amide bonds. The van der Waals surface area contributed by atoms with Crippen molar-refractivity contribution in [1.82, 2.24) is 5.32 Å². The Hall–Kier alpha value is -1.59. The summed E-state index contributed by atoms with van der Waals surface area (Å²) in [6.45, 7) is 3.78. The van der Waals surface area contributed by atoms with Gasteiger partial charge in [-0.1, -0.05) is 262 Å². The highest BCUT2D eigenvalue weighted by Crippen LogP contribution is 2.23. The van der Waals surface area contributed by atoms with Crippen LogP contribution in [0.25, 0.3) is 0 Å². The zero-order valence-electron chi connectivity index (χ0n) is 44.4. The molecule has 9 nitrogen and oxygen atoms in total. The molecule has 1 fully saturated rings. The Bertz CT molecular complexity index is 1160. The Morgan fingerprint density at radius 1 is 0.485 bits per heavy atom. The molecule has 9 heteroatoms. The Kier molecular flexibility index (Phi) is 46.4. The van der Waals surface area contributed by atoms with Crippen LogP contribution in [0.3, 0.4) is 0 Å². The largest absolute Gasteiger partial charge is 0.394 e. The normalized spacial score (nSPS) is 19.8. The monoisotopic (exact) mass is 962 g/mol. The van der Waals surface area contributed by atoms with Gasteiger partial charge in [-0.3, -0.25) is 4.79 Å². The highest BCUT2D eigenvalue weighted by Gasteiger charge is 2.44. The molecule has 400 valence electrons. The number of ether oxygens (including phenoxy) is 2. The summed E-state index contributed by atoms with van der Waals surface area (Å²) in [6.07, 6.45) is 56.5. The lowest BCUT2D eigenvalue weighted by atomic mass is 9.99. The van der Waals surface area contributed by atoms with E-state index in [4.69, 9.17) is 9.47 Å². The van der Waals surface area contributed by atoms with Crippen molar-refractivity contribution in [3.63, 3.8) is 0 Å². The highest BCUT2D eigenvalue weighted by molar-refractivity contribution is 5.76. The Labute approximate surface area is 419 Å². The van der Waals surface area contributed by atoms with Crippen LogP contribution in [0.2, 0.25) is 0 Å². The number of aliphatic hydroxyl groups excluding tert-OH is 5. The van der Waals surface area contributed by atoms with E-state index < -0.39 is 49.5 Å². The average molecular weight is 963 g/mol. The quantitative estimate of drug-likeness (QED) is 0.0261. The maximum atomic E-state index is 13.0. The third kappa shape index (κ3) is 38.1. The standard InChI is InChI=1S/C59H111NO8/c1-3-5-7-9-11-13-15-17-19-21-22-23-24-25-26-27-28-29-30-31-33-35-37-39-41-43-45-47-49-55(63)60-52(51-67-59-58(66)57(65)56(64)54(50-61)68-59)53(62)48-46-44-42-40-38-36-34-32-20-18-16-14-12-10-8-6-4-2/h20,32,38,40,46,48,52-54,56-59,61-62,64-66H,3-19,21-31,33-37,39,41-45,47,49-51H2,1-2H3,(H,60,63)/b32-20+,40-38+,48-46+. The maximum absolute atomic E-state index is 13.0. The van der Waals surface area contributed by atoms with Gasteiger partial charge in [0.25, 0.3) is 0 Å². The van der Waals surface area contributed by atoms with E-state index in [0.717, 1.165) is 44.9 Å². The van der Waals surface area contributed by atoms with Gasteiger partial charge < -0.3 is 40.3 Å². The number of carbonyl (C=O) groups excluding carboxylic acids is 1. The average Bonchev–Trinajstić information content (AvgIpc) is 3.34. The molecule has 0 spiro atoms. The summed E-state index contributed by atoms with van der Waals surface area (Å²) in [4.78, 5) is 13.0. The van der Waals surface area contributed by atoms with Gasteiger partial charge in [0, 0.05) is 6.42 Å². The van der Waals surface area contributed by atoms with E-state index in [2.05, 4.69) is 43.5 Å². The van der Waals surface area contributed by atoms with Gasteiger partial charge in [0.15, 0.2) is 6.29 Å². The molecule has 1 heterocycles. The number of amides is 1. The van der Waals surface area contributed by atoms with Crippen LogP contribution in [0.4, 0.5) is 0 Å². The lowest BCUT2D eigenvalue weighted by Crippen LogP contribution is -2.60. The molecular weight excluding hydrogens is 851 g/mol. The van der Waals surface area contributed by atoms with Crippen molar-refractivity contribution in [2.24, 2.45) is 0 Å². The molecule has 1 saturated heterocycles. The van der Waals surface area contributed by atoms with Gasteiger partial charge in [-0.15, -0.1) is 0 Å². The predicted octanol–water partition coefficient (Wildman–Crippen LogP) is 14.4. The van der Waals surface area contributed by atoms with Crippen molar-refractivity contribution in [3.8, 4) is 0 Å². The number of hydrogen-bond acceptors (Lipinski definition) is 8. The van der Waals surface area contributed by atoms with E-state index in [1.165, 1.54) is 212 Å². The smallest absolute Gasteiger partial charge is 0.220 e. The third-order valence-electron chi connectivity index (χ3n) is 13.9. The highest BCUT2D eigenvalue weighted by atomic mass is 16.7. The maximum Gasteiger partial charge on any atom is 0.220 e. The fourth-order valence-corrected chi connectivity index (χ4v) is 9.31. The SMILES string of the molecule is CCCCCCCCC/C=C/CC/C=C/CC/C=C/C(O)C(COC1OC(CO)C(O)C(O)C1O)NC(=O)CCCCCCCCCCCCCCCCCCCCCCCCCCCCCC. The van der Waals surface area contributed by atoms with Crippen molar-refractivity contribution in [3.05, 3.63) is 36.5 Å². The molecule has 0 bridgehead atoms. The van der Waals surface area contributed by atoms with Crippen molar-refractivity contribution in [1.29, 1.82) is 0 Å². The van der Waals surface area contributed by atoms with Crippen molar-refractivity contribution in [2.45, 2.75) is 320 Å². The molecule has 0 aromatic rings. The van der Waals surface area contributed by atoms with Crippen LogP contribution in [-0.2, 0) is 14.3 Å². The minimum absolute atomic E-state index is 0.186. The van der Waals surface area contributed by atoms with Crippen LogP contribution in [0.5, 0.6) is 0 Å². The van der Waals surface area contributed by atoms with Crippen LogP contribution in [0, 0.1) is 0 Å². The van der Waals surface area contributed by atoms with Gasteiger partial charge in [0.2, 0.25) is 5.91 Å². The summed E-state index contributed by atoms with van der Waals surface area (Å²) in [6, 6.07) is -0.826. The number of allylic oxidation sites excluding steroid dienone is 5. The number of rotatable bonds is 50. The van der Waals surface area contributed by atoms with Crippen LogP contribution in [0.15, 0.2) is 36.5 Å². The van der Waals surface area contributed by atoms with Crippen LogP contribution in [0.1, 0.15) is 277 Å². The zero-order valence-corrected chi connectivity index (χ0v) is 44.4. The van der Waals surface area contributed by atoms with Gasteiger partial charge in [-0.25, -0.2) is 0 Å². The summed E-state index contributed by atoms with van der Waals surface area (Å²) in [7, 11) is 0. The molecule has 7 atom stereocenters. The predicted molar refractivity (Wildman–Crippen MR) is 286 cm³/mol. The molecule has 0 radical (unpaired) electrons. The number of nitrogens with one attached hydrogen (secondary N) is 1. The topological polar surface area (TPSA) is 149 Å². The molecule has 1 aliphatic rings. The summed E-state index contributed by atoms with van der Waals surface area (Å²) < 4.78 is 11.2. The Balaban J connectivity index is 2.19. The first kappa shape index (κ1) is 64.4. The minimum Gasteiger partial charge on any atom is -0.394 e. The van der Waals surface area contributed by atoms with Gasteiger partial charge in [-0.05, 0) is 44.9 Å². The number of carbonyl (C=O) groups is 1. The minimum atomic E-state index is -1.57. The fourth-order valence-electron chi connectivity index (χ4n) is 9.31. The number of aliphatic hydroxyl groups is 5. The summed E-state index contributed by atoms with van der Waals surface area (Å²) in [5.74, 6) is -0.186. The molecule has 1 aliphatic heterocycles. The summed E-state index contributed by atoms with van der Waals surface area (Å²) >= 11 is 0. The van der Waals surface area contributed by atoms with Gasteiger partial charge in [-0.2, -0.15) is 0 Å². The van der Waals surface area contributed by atoms with Crippen molar-refractivity contribution >= 4 is 5.91 Å². The molecule has 1 rings (SSSR count). The van der Waals surface area contributed by atoms with E-state index in [9.17, 15) is 30.3 Å². The Morgan fingerprint density at radius 2 is 0.838 bits per heavy atom. The second-order valence-electron chi connectivity index (χ2n) is 20.4. The first-order valence-corrected chi connectivity index (χ1v) is 29.2. The van der Waals surface area contributed by atoms with E-state index in [1.807, 2.05) is 6.08 Å². The fraction of sp³-hybridized carbons (Fsp3) is 0.881. The molecule has 0 aromatic carbocycles. The second-order valence-corrected chi connectivity index (χ2v) is 20.4. The van der Waals surface area contributed by atoms with E-state index >= 15 is 0 Å². The molecular formula is C59H111NO8. The van der Waals surface area contributed by atoms with E-state index in [0.29, 0.717) is 6.42 Å². The van der Waals surface area contributed by atoms with E-state index in [-0.39, 0.29) is 12.5 Å². The van der Waals surface area contributed by atoms with Crippen LogP contribution < -0.4 is 5.32 Å². The second kappa shape index (κ2) is 49.0. The first-order chi connectivity index (χ1) is 33.3. The van der Waals surface area contributed by atoms with Crippen molar-refractivity contribution in [2.75, 3.05) is 13.2 Å². The summed E-state index contributed by atoms with van der Waals surface area (Å²) in [5.41, 5.74) is 0. The van der Waals surface area contributed by atoms with Crippen LogP contribution >= 0.6 is 0 Å².